The Bertz CT molecular complexity index is 3510. The topological polar surface area (TPSA) is 249 Å². The predicted molar refractivity (Wildman–Crippen MR) is 361 cm³/mol. The number of aliphatic hydroxyl groups excluding tert-OH is 2. The minimum absolute atomic E-state index is 0. The lowest BCUT2D eigenvalue weighted by Crippen LogP contribution is -2.66. The Morgan fingerprint density at radius 1 is 0.537 bits per heavy atom. The van der Waals surface area contributed by atoms with Crippen molar-refractivity contribution < 1.29 is 64.2 Å². The number of esters is 2. The number of hydrogen-bond acceptors (Lipinski definition) is 14. The maximum atomic E-state index is 14.5. The highest BCUT2D eigenvalue weighted by Crippen LogP contribution is 2.30. The molecule has 6 aromatic carbocycles. The Balaban J connectivity index is 0.000000317. The first-order valence-corrected chi connectivity index (χ1v) is 31.6. The van der Waals surface area contributed by atoms with Crippen LogP contribution in [0, 0.1) is 6.57 Å². The lowest BCUT2D eigenvalue weighted by Gasteiger charge is -2.46. The number of carbonyl (C=O) groups is 8. The van der Waals surface area contributed by atoms with E-state index in [4.69, 9.17) is 16.0 Å². The molecule has 0 bridgehead atoms. The first-order chi connectivity index (χ1) is 45.1. The number of ether oxygens (including phenoxy) is 3. The average Bonchev–Trinajstić information content (AvgIpc) is 0.787. The van der Waals surface area contributed by atoms with E-state index in [-0.39, 0.29) is 45.2 Å². The molecule has 2 aliphatic rings. The summed E-state index contributed by atoms with van der Waals surface area (Å²) in [6, 6.07) is 50.0. The van der Waals surface area contributed by atoms with Gasteiger partial charge in [0.05, 0.1) is 18.7 Å². The Morgan fingerprint density at radius 3 is 1.34 bits per heavy atom. The van der Waals surface area contributed by atoms with Gasteiger partial charge in [-0.05, 0) is 87.8 Å². The first kappa shape index (κ1) is 74.3. The predicted octanol–water partition coefficient (Wildman–Crippen LogP) is 9.58. The molecule has 0 aromatic heterocycles. The van der Waals surface area contributed by atoms with Gasteiger partial charge in [-0.1, -0.05) is 175 Å². The second-order valence-electron chi connectivity index (χ2n) is 25.5. The number of nitrogens with one attached hydrogen (secondary N) is 2. The highest BCUT2D eigenvalue weighted by atomic mass is 16.6. The van der Waals surface area contributed by atoms with E-state index in [1.165, 1.54) is 37.5 Å². The number of piperazine rings is 2. The Morgan fingerprint density at radius 2 is 0.937 bits per heavy atom. The average molecular weight is 1300 g/mol. The standard InChI is InChI=1S/C40H44N4O4.C30H40N4O6.C4H6O3.H2/c1-40(2,3)48-39(47)44-24-23-42(27-30-15-8-5-9-16-30)38(46)36(44)37(45)35(26-33-21-14-22-34(25-33)41-4)43(28-31-17-10-6-11-18-31)29-32-19-12-7-13-20-32;1-20(35)31-18-24-13-9-12-23(16-24)17-25(32-21(2)36)27(37)26-28(38)33(19-22-10-7-6-8-11-22)14-15-34(26)29(39)40-30(3,4)5;1-3(5)7-4(2)6;/h5-22,25,35-37,45H,23-24,26-29H2,1-3H3;6-13,16,25-27,37H,14-15,17-19H2,1-5H3,(H,31,35)(H,32,36);1-2H3;1H/t35-,36+,37+;25-,26-,27-;;/m10../s1. The van der Waals surface area contributed by atoms with Gasteiger partial charge in [0.2, 0.25) is 23.6 Å². The van der Waals surface area contributed by atoms with Crippen molar-refractivity contribution in [1.82, 2.24) is 35.1 Å². The molecule has 2 aliphatic heterocycles. The molecule has 95 heavy (non-hydrogen) atoms. The molecule has 6 aromatic rings. The minimum Gasteiger partial charge on any atom is -0.444 e. The minimum atomic E-state index is -1.43. The fraction of sp³-hybridized carbons (Fsp3) is 0.392. The summed E-state index contributed by atoms with van der Waals surface area (Å²) < 4.78 is 15.4. The molecule has 2 saturated heterocycles. The molecule has 21 nitrogen and oxygen atoms in total. The Hall–Kier alpha value is -9.75. The second kappa shape index (κ2) is 35.5. The van der Waals surface area contributed by atoms with Gasteiger partial charge in [0.1, 0.15) is 29.4 Å². The van der Waals surface area contributed by atoms with E-state index in [0.29, 0.717) is 51.4 Å². The molecule has 6 amide bonds. The number of hydrogen-bond donors (Lipinski definition) is 4. The van der Waals surface area contributed by atoms with Crippen LogP contribution in [0.4, 0.5) is 15.3 Å². The molecule has 2 fully saturated rings. The lowest BCUT2D eigenvalue weighted by atomic mass is 9.91. The molecule has 0 radical (unpaired) electrons. The maximum absolute atomic E-state index is 14.5. The van der Waals surface area contributed by atoms with Gasteiger partial charge in [-0.2, -0.15) is 0 Å². The summed E-state index contributed by atoms with van der Waals surface area (Å²) in [6.45, 7) is 26.2. The third-order valence-corrected chi connectivity index (χ3v) is 15.2. The zero-order chi connectivity index (χ0) is 69.4. The molecule has 0 unspecified atom stereocenters. The van der Waals surface area contributed by atoms with Crippen LogP contribution in [0.1, 0.15) is 110 Å². The van der Waals surface area contributed by atoms with Crippen molar-refractivity contribution in [2.24, 2.45) is 0 Å². The van der Waals surface area contributed by atoms with Gasteiger partial charge >= 0.3 is 24.1 Å². The third kappa shape index (κ3) is 24.3. The van der Waals surface area contributed by atoms with Gasteiger partial charge in [-0.25, -0.2) is 14.4 Å². The van der Waals surface area contributed by atoms with Crippen LogP contribution in [0.2, 0.25) is 0 Å². The monoisotopic (exact) mass is 1300 g/mol. The second-order valence-corrected chi connectivity index (χ2v) is 25.5. The Kier molecular flexibility index (Phi) is 27.8. The van der Waals surface area contributed by atoms with E-state index in [9.17, 15) is 48.6 Å². The van der Waals surface area contributed by atoms with Gasteiger partial charge in [-0.3, -0.25) is 43.5 Å². The van der Waals surface area contributed by atoms with Crippen LogP contribution in [0.25, 0.3) is 4.85 Å². The summed E-state index contributed by atoms with van der Waals surface area (Å²) >= 11 is 0. The first-order valence-electron chi connectivity index (χ1n) is 31.6. The quantitative estimate of drug-likeness (QED) is 0.0241. The maximum Gasteiger partial charge on any atom is 0.411 e. The molecule has 0 spiro atoms. The molecule has 0 aliphatic carbocycles. The Labute approximate surface area is 559 Å². The molecule has 506 valence electrons. The lowest BCUT2D eigenvalue weighted by molar-refractivity contribution is -0.156. The van der Waals surface area contributed by atoms with Crippen LogP contribution >= 0.6 is 0 Å². The summed E-state index contributed by atoms with van der Waals surface area (Å²) in [4.78, 5) is 110. The van der Waals surface area contributed by atoms with Crippen LogP contribution < -0.4 is 10.6 Å². The highest BCUT2D eigenvalue weighted by molar-refractivity contribution is 5.89. The van der Waals surface area contributed by atoms with Crippen molar-refractivity contribution in [2.75, 3.05) is 26.2 Å². The van der Waals surface area contributed by atoms with Crippen molar-refractivity contribution in [3.05, 3.63) is 220 Å². The number of aliphatic hydroxyl groups is 2. The van der Waals surface area contributed by atoms with Crippen LogP contribution in [0.5, 0.6) is 0 Å². The van der Waals surface area contributed by atoms with Crippen molar-refractivity contribution in [1.29, 1.82) is 0 Å². The van der Waals surface area contributed by atoms with Crippen molar-refractivity contribution >= 4 is 53.4 Å². The third-order valence-electron chi connectivity index (χ3n) is 15.2. The molecule has 0 saturated carbocycles. The van der Waals surface area contributed by atoms with Gasteiger partial charge in [0.25, 0.3) is 0 Å². The highest BCUT2D eigenvalue weighted by Gasteiger charge is 2.48. The summed E-state index contributed by atoms with van der Waals surface area (Å²) in [5.74, 6) is -2.42. The zero-order valence-electron chi connectivity index (χ0n) is 56.0. The number of rotatable bonds is 20. The van der Waals surface area contributed by atoms with Crippen LogP contribution in [-0.4, -0.2) is 156 Å². The van der Waals surface area contributed by atoms with Gasteiger partial charge in [-0.15, -0.1) is 0 Å². The van der Waals surface area contributed by atoms with Crippen LogP contribution in [0.15, 0.2) is 170 Å². The summed E-state index contributed by atoms with van der Waals surface area (Å²) in [6.07, 6.45) is -3.53. The van der Waals surface area contributed by atoms with E-state index < -0.39 is 77.6 Å². The normalized spacial score (nSPS) is 16.0. The molecule has 4 N–H and O–H groups in total. The van der Waals surface area contributed by atoms with Gasteiger partial charge < -0.3 is 44.9 Å². The molecule has 21 heteroatoms. The largest absolute Gasteiger partial charge is 0.444 e. The summed E-state index contributed by atoms with van der Waals surface area (Å²) in [7, 11) is 0. The van der Waals surface area contributed by atoms with Crippen molar-refractivity contribution in [2.45, 2.75) is 162 Å². The number of carbonyl (C=O) groups excluding carboxylic acids is 8. The van der Waals surface area contributed by atoms with Gasteiger partial charge in [0, 0.05) is 94.1 Å². The van der Waals surface area contributed by atoms with E-state index in [1.54, 1.807) is 57.4 Å². The van der Waals surface area contributed by atoms with E-state index >= 15 is 0 Å². The summed E-state index contributed by atoms with van der Waals surface area (Å²) in [5, 5.41) is 29.8. The zero-order valence-corrected chi connectivity index (χ0v) is 56.0. The van der Waals surface area contributed by atoms with E-state index in [0.717, 1.165) is 38.9 Å². The molecule has 6 atom stereocenters. The number of nitrogens with zero attached hydrogens (tertiary/aromatic N) is 6. The van der Waals surface area contributed by atoms with E-state index in [1.807, 2.05) is 164 Å². The smallest absolute Gasteiger partial charge is 0.411 e. The molecule has 8 rings (SSSR count). The molecular weight excluding hydrogens is 1210 g/mol. The fourth-order valence-electron chi connectivity index (χ4n) is 11.1. The fourth-order valence-corrected chi connectivity index (χ4v) is 11.1. The molecular formula is C74H92N8O13. The summed E-state index contributed by atoms with van der Waals surface area (Å²) in [5.41, 5.74) is 5.37. The number of amides is 6. The van der Waals surface area contributed by atoms with Crippen molar-refractivity contribution in [3.63, 3.8) is 0 Å². The van der Waals surface area contributed by atoms with Crippen LogP contribution in [-0.2, 0) is 88.5 Å². The van der Waals surface area contributed by atoms with Crippen LogP contribution in [0.3, 0.4) is 0 Å². The SMILES string of the molecule is CC(=O)NCc1cccc(C[C@H](NC(C)=O)[C@H](O)[C@H]2C(=O)N(Cc3ccccc3)CCN2C(=O)OC(C)(C)C)c1.CC(=O)OC(C)=O.[C-]#[N+]c1cccc(C[C@H]([C@H](O)[C@H]2C(=O)N(Cc3ccccc3)CCN2C(=O)OC(C)(C)C)N(Cc2ccccc2)Cc2ccccc2)c1.[HH]. The van der Waals surface area contributed by atoms with Gasteiger partial charge in [0.15, 0.2) is 5.69 Å². The van der Waals surface area contributed by atoms with Crippen molar-refractivity contribution in [3.8, 4) is 0 Å². The molecule has 2 heterocycles. The number of benzene rings is 6. The van der Waals surface area contributed by atoms with E-state index in [2.05, 4.69) is 25.1 Å².